The predicted octanol–water partition coefficient (Wildman–Crippen LogP) is 2.99. The summed E-state index contributed by atoms with van der Waals surface area (Å²) >= 11 is 0. The highest BCUT2D eigenvalue weighted by Gasteiger charge is 2.36. The van der Waals surface area contributed by atoms with Crippen LogP contribution in [0.25, 0.3) is 0 Å². The number of rotatable bonds is 6. The van der Waals surface area contributed by atoms with Crippen LogP contribution in [-0.4, -0.2) is 35.3 Å². The van der Waals surface area contributed by atoms with Crippen molar-refractivity contribution in [3.05, 3.63) is 65.7 Å². The van der Waals surface area contributed by atoms with E-state index in [2.05, 4.69) is 5.32 Å². The third-order valence-electron chi connectivity index (χ3n) is 4.51. The monoisotopic (exact) mass is 366 g/mol. The lowest BCUT2D eigenvalue weighted by atomic mass is 10.1. The molecule has 0 aliphatic carbocycles. The van der Waals surface area contributed by atoms with Crippen LogP contribution >= 0.6 is 0 Å². The summed E-state index contributed by atoms with van der Waals surface area (Å²) in [5.74, 6) is -0.830. The van der Waals surface area contributed by atoms with Gasteiger partial charge in [-0.3, -0.25) is 9.59 Å². The summed E-state index contributed by atoms with van der Waals surface area (Å²) in [4.78, 5) is 38.8. The Bertz CT molecular complexity index is 835. The second kappa shape index (κ2) is 8.49. The number of esters is 1. The van der Waals surface area contributed by atoms with Crippen LogP contribution in [0.15, 0.2) is 54.6 Å². The molecule has 6 heteroatoms. The Morgan fingerprint density at radius 2 is 1.81 bits per heavy atom. The maximum atomic E-state index is 12.8. The van der Waals surface area contributed by atoms with Crippen molar-refractivity contribution in [1.82, 2.24) is 4.90 Å². The highest BCUT2D eigenvalue weighted by Crippen LogP contribution is 2.24. The van der Waals surface area contributed by atoms with Gasteiger partial charge in [-0.25, -0.2) is 4.79 Å². The van der Waals surface area contributed by atoms with Crippen LogP contribution in [0.3, 0.4) is 0 Å². The number of hydrogen-bond acceptors (Lipinski definition) is 4. The smallest absolute Gasteiger partial charge is 0.340 e. The highest BCUT2D eigenvalue weighted by atomic mass is 16.5. The van der Waals surface area contributed by atoms with Gasteiger partial charge < -0.3 is 15.0 Å². The zero-order valence-electron chi connectivity index (χ0n) is 15.2. The van der Waals surface area contributed by atoms with Crippen LogP contribution in [0.1, 0.15) is 35.7 Å². The van der Waals surface area contributed by atoms with Gasteiger partial charge in [-0.2, -0.15) is 0 Å². The van der Waals surface area contributed by atoms with Gasteiger partial charge in [0.25, 0.3) is 0 Å². The lowest BCUT2D eigenvalue weighted by molar-refractivity contribution is -0.133. The van der Waals surface area contributed by atoms with E-state index in [1.807, 2.05) is 30.3 Å². The molecule has 140 valence electrons. The molecule has 1 N–H and O–H groups in total. The number of ether oxygens (including phenoxy) is 1. The number of amides is 2. The lowest BCUT2D eigenvalue weighted by Crippen LogP contribution is -2.41. The van der Waals surface area contributed by atoms with Crippen LogP contribution in [0, 0.1) is 0 Å². The van der Waals surface area contributed by atoms with Crippen LogP contribution < -0.4 is 5.32 Å². The zero-order chi connectivity index (χ0) is 19.2. The van der Waals surface area contributed by atoms with Crippen molar-refractivity contribution in [3.8, 4) is 0 Å². The van der Waals surface area contributed by atoms with Crippen molar-refractivity contribution >= 4 is 23.5 Å². The molecule has 1 fully saturated rings. The van der Waals surface area contributed by atoms with Gasteiger partial charge in [0.1, 0.15) is 6.04 Å². The molecule has 0 radical (unpaired) electrons. The van der Waals surface area contributed by atoms with Crippen LogP contribution in [-0.2, 0) is 20.9 Å². The summed E-state index contributed by atoms with van der Waals surface area (Å²) in [7, 11) is 0. The van der Waals surface area contributed by atoms with E-state index < -0.39 is 12.0 Å². The number of likely N-dealkylation sites (tertiary alicyclic amines) is 1. The number of carbonyl (C=O) groups is 3. The molecule has 1 aliphatic rings. The minimum Gasteiger partial charge on any atom is -0.462 e. The maximum Gasteiger partial charge on any atom is 0.340 e. The molecule has 6 nitrogen and oxygen atoms in total. The second-order valence-electron chi connectivity index (χ2n) is 6.32. The van der Waals surface area contributed by atoms with Crippen molar-refractivity contribution in [2.45, 2.75) is 32.4 Å². The van der Waals surface area contributed by atoms with Gasteiger partial charge in [0.05, 0.1) is 17.9 Å². The number of nitrogens with zero attached hydrogens (tertiary/aromatic N) is 1. The summed E-state index contributed by atoms with van der Waals surface area (Å²) in [5, 5.41) is 2.79. The van der Waals surface area contributed by atoms with Crippen molar-refractivity contribution in [3.63, 3.8) is 0 Å². The Labute approximate surface area is 158 Å². The van der Waals surface area contributed by atoms with E-state index >= 15 is 0 Å². The van der Waals surface area contributed by atoms with Gasteiger partial charge in [-0.05, 0) is 31.0 Å². The summed E-state index contributed by atoms with van der Waals surface area (Å²) < 4.78 is 5.04. The second-order valence-corrected chi connectivity index (χ2v) is 6.32. The van der Waals surface area contributed by atoms with Crippen LogP contribution in [0.2, 0.25) is 0 Å². The predicted molar refractivity (Wildman–Crippen MR) is 101 cm³/mol. The van der Waals surface area contributed by atoms with Gasteiger partial charge in [-0.1, -0.05) is 42.5 Å². The standard InChI is InChI=1S/C21H22N2O4/c1-2-27-21(26)16-10-6-7-11-17(16)22-20(25)18-12-13-19(24)23(18)14-15-8-4-3-5-9-15/h3-11,18H,2,12-14H2,1H3,(H,22,25). The van der Waals surface area contributed by atoms with E-state index in [0.29, 0.717) is 30.6 Å². The molecule has 1 heterocycles. The van der Waals surface area contributed by atoms with Crippen molar-refractivity contribution < 1.29 is 19.1 Å². The van der Waals surface area contributed by atoms with Gasteiger partial charge in [-0.15, -0.1) is 0 Å². The maximum absolute atomic E-state index is 12.8. The third kappa shape index (κ3) is 4.34. The van der Waals surface area contributed by atoms with E-state index in [9.17, 15) is 14.4 Å². The Morgan fingerprint density at radius 3 is 2.56 bits per heavy atom. The van der Waals surface area contributed by atoms with Crippen LogP contribution in [0.4, 0.5) is 5.69 Å². The molecule has 2 aromatic carbocycles. The van der Waals surface area contributed by atoms with E-state index in [1.165, 1.54) is 0 Å². The Hall–Kier alpha value is -3.15. The van der Waals surface area contributed by atoms with Crippen LogP contribution in [0.5, 0.6) is 0 Å². The Morgan fingerprint density at radius 1 is 1.11 bits per heavy atom. The normalized spacial score (nSPS) is 16.3. The quantitative estimate of drug-likeness (QED) is 0.798. The molecule has 1 unspecified atom stereocenters. The summed E-state index contributed by atoms with van der Waals surface area (Å²) in [5.41, 5.74) is 1.66. The average molecular weight is 366 g/mol. The third-order valence-corrected chi connectivity index (χ3v) is 4.51. The molecule has 2 amide bonds. The first-order valence-corrected chi connectivity index (χ1v) is 9.00. The fourth-order valence-corrected chi connectivity index (χ4v) is 3.18. The fourth-order valence-electron chi connectivity index (χ4n) is 3.18. The number of hydrogen-bond donors (Lipinski definition) is 1. The number of benzene rings is 2. The summed E-state index contributed by atoms with van der Waals surface area (Å²) in [6.07, 6.45) is 0.795. The first kappa shape index (κ1) is 18.6. The van der Waals surface area contributed by atoms with Crippen molar-refractivity contribution in [2.24, 2.45) is 0 Å². The molecule has 2 aromatic rings. The minimum absolute atomic E-state index is 0.0438. The molecular weight excluding hydrogens is 344 g/mol. The van der Waals surface area contributed by atoms with E-state index in [4.69, 9.17) is 4.74 Å². The first-order valence-electron chi connectivity index (χ1n) is 9.00. The van der Waals surface area contributed by atoms with Gasteiger partial charge in [0.15, 0.2) is 0 Å². The molecule has 1 saturated heterocycles. The molecular formula is C21H22N2O4. The largest absolute Gasteiger partial charge is 0.462 e. The molecule has 0 spiro atoms. The van der Waals surface area contributed by atoms with Crippen molar-refractivity contribution in [2.75, 3.05) is 11.9 Å². The fraction of sp³-hybridized carbons (Fsp3) is 0.286. The number of anilines is 1. The van der Waals surface area contributed by atoms with Gasteiger partial charge >= 0.3 is 5.97 Å². The van der Waals surface area contributed by atoms with Gasteiger partial charge in [0.2, 0.25) is 11.8 Å². The highest BCUT2D eigenvalue weighted by molar-refractivity contribution is 6.04. The molecule has 0 bridgehead atoms. The van der Waals surface area contributed by atoms with Crippen molar-refractivity contribution in [1.29, 1.82) is 0 Å². The first-order chi connectivity index (χ1) is 13.1. The average Bonchev–Trinajstić information content (AvgIpc) is 3.04. The molecule has 0 saturated carbocycles. The SMILES string of the molecule is CCOC(=O)c1ccccc1NC(=O)C1CCC(=O)N1Cc1ccccc1. The van der Waals surface area contributed by atoms with E-state index in [-0.39, 0.29) is 18.4 Å². The molecule has 3 rings (SSSR count). The Balaban J connectivity index is 1.75. The number of carbonyl (C=O) groups excluding carboxylic acids is 3. The number of para-hydroxylation sites is 1. The zero-order valence-corrected chi connectivity index (χ0v) is 15.2. The molecule has 27 heavy (non-hydrogen) atoms. The van der Waals surface area contributed by atoms with Gasteiger partial charge in [0, 0.05) is 13.0 Å². The molecule has 0 aromatic heterocycles. The lowest BCUT2D eigenvalue weighted by Gasteiger charge is -2.24. The summed E-state index contributed by atoms with van der Waals surface area (Å²) in [6, 6.07) is 15.7. The molecule has 1 aliphatic heterocycles. The van der Waals surface area contributed by atoms with E-state index in [0.717, 1.165) is 5.56 Å². The summed E-state index contributed by atoms with van der Waals surface area (Å²) in [6.45, 7) is 2.37. The minimum atomic E-state index is -0.562. The van der Waals surface area contributed by atoms with E-state index in [1.54, 1.807) is 36.1 Å². The number of nitrogens with one attached hydrogen (secondary N) is 1. The Kier molecular flexibility index (Phi) is 5.86. The topological polar surface area (TPSA) is 75.7 Å². The molecule has 1 atom stereocenters.